The van der Waals surface area contributed by atoms with E-state index in [1.807, 2.05) is 91.1 Å². The molecule has 36 heavy (non-hydrogen) atoms. The molecule has 0 bridgehead atoms. The number of carbonyl (C=O) groups is 2. The van der Waals surface area contributed by atoms with Crippen LogP contribution in [0.4, 0.5) is 0 Å². The summed E-state index contributed by atoms with van der Waals surface area (Å²) in [6.45, 7) is 0.384. The molecule has 4 aromatic rings. The molecule has 3 aromatic carbocycles. The number of aryl methyl sites for hydroxylation is 1. The van der Waals surface area contributed by atoms with E-state index in [0.29, 0.717) is 18.5 Å². The third kappa shape index (κ3) is 6.66. The first-order valence-corrected chi connectivity index (χ1v) is 12.1. The maximum Gasteiger partial charge on any atom is 0.224 e. The van der Waals surface area contributed by atoms with Crippen molar-refractivity contribution in [1.82, 2.24) is 10.3 Å². The van der Waals surface area contributed by atoms with Crippen LogP contribution >= 0.6 is 0 Å². The molecule has 4 rings (SSSR count). The molecule has 0 aliphatic rings. The Morgan fingerprint density at radius 1 is 0.833 bits per heavy atom. The summed E-state index contributed by atoms with van der Waals surface area (Å²) in [6, 6.07) is 27.1. The molecule has 5 nitrogen and oxygen atoms in total. The highest BCUT2D eigenvalue weighted by Gasteiger charge is 2.15. The molecular formula is C31H30N2O3. The molecule has 0 spiro atoms. The van der Waals surface area contributed by atoms with Crippen molar-refractivity contribution in [1.29, 1.82) is 0 Å². The van der Waals surface area contributed by atoms with Crippen LogP contribution in [-0.2, 0) is 24.2 Å². The van der Waals surface area contributed by atoms with E-state index in [0.717, 1.165) is 46.4 Å². The number of nitrogens with zero attached hydrogens (tertiary/aromatic N) is 1. The van der Waals surface area contributed by atoms with Crippen molar-refractivity contribution in [3.05, 3.63) is 120 Å². The Morgan fingerprint density at radius 2 is 1.58 bits per heavy atom. The number of methoxy groups -OCH3 is 1. The molecule has 1 N–H and O–H groups in total. The smallest absolute Gasteiger partial charge is 0.224 e. The van der Waals surface area contributed by atoms with Gasteiger partial charge in [-0.25, -0.2) is 0 Å². The Bertz CT molecular complexity index is 1300. The van der Waals surface area contributed by atoms with Gasteiger partial charge < -0.3 is 10.1 Å². The standard InChI is InChI=1S/C31H30N2O3/c1-36-26-17-15-23(16-18-26)20-31(35)33-22-25-10-2-3-11-27(25)28-12-4-5-13-29(28)30(34)14-6-8-24-9-7-19-32-21-24/h2-5,7,9-13,15-19,21H,6,8,14,20,22H2,1H3,(H,33,35). The fourth-order valence-corrected chi connectivity index (χ4v) is 4.22. The molecule has 0 atom stereocenters. The molecule has 1 heterocycles. The Hall–Kier alpha value is -4.25. The van der Waals surface area contributed by atoms with Crippen molar-refractivity contribution in [3.63, 3.8) is 0 Å². The fourth-order valence-electron chi connectivity index (χ4n) is 4.22. The number of Topliss-reactive ketones (excluding diaryl/α,β-unsaturated/α-hetero) is 1. The summed E-state index contributed by atoms with van der Waals surface area (Å²) in [5, 5.41) is 3.03. The maximum atomic E-state index is 13.2. The highest BCUT2D eigenvalue weighted by Crippen LogP contribution is 2.28. The molecule has 0 unspecified atom stereocenters. The summed E-state index contributed by atoms with van der Waals surface area (Å²) in [6.07, 6.45) is 5.94. The lowest BCUT2D eigenvalue weighted by molar-refractivity contribution is -0.120. The van der Waals surface area contributed by atoms with E-state index < -0.39 is 0 Å². The van der Waals surface area contributed by atoms with Crippen molar-refractivity contribution in [2.24, 2.45) is 0 Å². The second kappa shape index (κ2) is 12.5. The van der Waals surface area contributed by atoms with E-state index in [9.17, 15) is 9.59 Å². The van der Waals surface area contributed by atoms with Crippen molar-refractivity contribution in [3.8, 4) is 16.9 Å². The van der Waals surface area contributed by atoms with Crippen LogP contribution in [0.3, 0.4) is 0 Å². The van der Waals surface area contributed by atoms with Crippen LogP contribution in [0.25, 0.3) is 11.1 Å². The predicted octanol–water partition coefficient (Wildman–Crippen LogP) is 5.82. The number of benzene rings is 3. The van der Waals surface area contributed by atoms with Crippen LogP contribution < -0.4 is 10.1 Å². The van der Waals surface area contributed by atoms with E-state index in [1.165, 1.54) is 0 Å². The third-order valence-corrected chi connectivity index (χ3v) is 6.13. The molecule has 0 aliphatic carbocycles. The molecule has 0 radical (unpaired) electrons. The van der Waals surface area contributed by atoms with Crippen molar-refractivity contribution in [2.75, 3.05) is 7.11 Å². The molecule has 0 saturated heterocycles. The van der Waals surface area contributed by atoms with E-state index in [-0.39, 0.29) is 18.1 Å². The number of carbonyl (C=O) groups excluding carboxylic acids is 2. The summed E-state index contributed by atoms with van der Waals surface area (Å²) in [5.74, 6) is 0.820. The molecule has 1 aromatic heterocycles. The number of ether oxygens (including phenoxy) is 1. The van der Waals surface area contributed by atoms with Crippen molar-refractivity contribution in [2.45, 2.75) is 32.2 Å². The second-order valence-corrected chi connectivity index (χ2v) is 8.64. The molecular weight excluding hydrogens is 448 g/mol. The van der Waals surface area contributed by atoms with Crippen molar-refractivity contribution < 1.29 is 14.3 Å². The van der Waals surface area contributed by atoms with Crippen LogP contribution in [0.1, 0.15) is 39.9 Å². The Kier molecular flexibility index (Phi) is 8.60. The van der Waals surface area contributed by atoms with Gasteiger partial charge in [0.2, 0.25) is 5.91 Å². The normalized spacial score (nSPS) is 10.6. The number of amides is 1. The summed E-state index contributed by atoms with van der Waals surface area (Å²) >= 11 is 0. The number of pyridine rings is 1. The summed E-state index contributed by atoms with van der Waals surface area (Å²) in [4.78, 5) is 29.9. The minimum Gasteiger partial charge on any atom is -0.497 e. The number of rotatable bonds is 11. The molecule has 5 heteroatoms. The SMILES string of the molecule is COc1ccc(CC(=O)NCc2ccccc2-c2ccccc2C(=O)CCCc2cccnc2)cc1. The van der Waals surface area contributed by atoms with E-state index in [4.69, 9.17) is 4.74 Å². The van der Waals surface area contributed by atoms with Gasteiger partial charge >= 0.3 is 0 Å². The van der Waals surface area contributed by atoms with Crippen LogP contribution in [0, 0.1) is 0 Å². The average molecular weight is 479 g/mol. The monoisotopic (exact) mass is 478 g/mol. The number of nitrogens with one attached hydrogen (secondary N) is 1. The van der Waals surface area contributed by atoms with E-state index in [1.54, 1.807) is 13.3 Å². The zero-order valence-corrected chi connectivity index (χ0v) is 20.4. The second-order valence-electron chi connectivity index (χ2n) is 8.64. The van der Waals surface area contributed by atoms with E-state index in [2.05, 4.69) is 10.3 Å². The zero-order chi connectivity index (χ0) is 25.2. The number of hydrogen-bond acceptors (Lipinski definition) is 4. The number of hydrogen-bond donors (Lipinski definition) is 1. The maximum absolute atomic E-state index is 13.2. The first-order valence-electron chi connectivity index (χ1n) is 12.1. The van der Waals surface area contributed by atoms with Gasteiger partial charge in [-0.15, -0.1) is 0 Å². The average Bonchev–Trinajstić information content (AvgIpc) is 2.93. The number of aromatic nitrogens is 1. The van der Waals surface area contributed by atoms with Gasteiger partial charge in [-0.05, 0) is 58.9 Å². The van der Waals surface area contributed by atoms with E-state index >= 15 is 0 Å². The molecule has 0 aliphatic heterocycles. The van der Waals surface area contributed by atoms with Crippen LogP contribution in [-0.4, -0.2) is 23.8 Å². The lowest BCUT2D eigenvalue weighted by Crippen LogP contribution is -2.24. The Labute approximate surface area is 212 Å². The fraction of sp³-hybridized carbons (Fsp3) is 0.194. The lowest BCUT2D eigenvalue weighted by Gasteiger charge is -2.14. The van der Waals surface area contributed by atoms with Gasteiger partial charge in [-0.2, -0.15) is 0 Å². The minimum atomic E-state index is -0.0604. The van der Waals surface area contributed by atoms with Crippen LogP contribution in [0.5, 0.6) is 5.75 Å². The Balaban J connectivity index is 1.43. The summed E-state index contributed by atoms with van der Waals surface area (Å²) in [5.41, 5.74) is 5.58. The largest absolute Gasteiger partial charge is 0.497 e. The van der Waals surface area contributed by atoms with Gasteiger partial charge in [0.05, 0.1) is 13.5 Å². The highest BCUT2D eigenvalue weighted by atomic mass is 16.5. The quantitative estimate of drug-likeness (QED) is 0.276. The van der Waals surface area contributed by atoms with Crippen LogP contribution in [0.15, 0.2) is 97.3 Å². The molecule has 0 fully saturated rings. The lowest BCUT2D eigenvalue weighted by atomic mass is 9.92. The van der Waals surface area contributed by atoms with Gasteiger partial charge in [-0.1, -0.05) is 66.7 Å². The van der Waals surface area contributed by atoms with Gasteiger partial charge in [-0.3, -0.25) is 14.6 Å². The summed E-state index contributed by atoms with van der Waals surface area (Å²) in [7, 11) is 1.62. The first kappa shape index (κ1) is 24.9. The van der Waals surface area contributed by atoms with Gasteiger partial charge in [0.25, 0.3) is 0 Å². The Morgan fingerprint density at radius 3 is 2.33 bits per heavy atom. The third-order valence-electron chi connectivity index (χ3n) is 6.13. The first-order chi connectivity index (χ1) is 17.6. The van der Waals surface area contributed by atoms with Gasteiger partial charge in [0.1, 0.15) is 5.75 Å². The molecule has 182 valence electrons. The summed E-state index contributed by atoms with van der Waals surface area (Å²) < 4.78 is 5.18. The molecule has 1 amide bonds. The van der Waals surface area contributed by atoms with Crippen molar-refractivity contribution >= 4 is 11.7 Å². The highest BCUT2D eigenvalue weighted by molar-refractivity contribution is 6.02. The molecule has 0 saturated carbocycles. The predicted molar refractivity (Wildman–Crippen MR) is 142 cm³/mol. The minimum absolute atomic E-state index is 0.0604. The van der Waals surface area contributed by atoms with Gasteiger partial charge in [0, 0.05) is 30.9 Å². The topological polar surface area (TPSA) is 68.3 Å². The van der Waals surface area contributed by atoms with Crippen LogP contribution in [0.2, 0.25) is 0 Å². The number of ketones is 1. The zero-order valence-electron chi connectivity index (χ0n) is 20.4. The van der Waals surface area contributed by atoms with Gasteiger partial charge in [0.15, 0.2) is 5.78 Å².